The largest absolute Gasteiger partial charge is 0.457 e. The predicted octanol–water partition coefficient (Wildman–Crippen LogP) is 4.14. The first-order valence-electron chi connectivity index (χ1n) is 7.84. The highest BCUT2D eigenvalue weighted by Crippen LogP contribution is 2.26. The molecule has 2 aromatic heterocycles. The fourth-order valence-electron chi connectivity index (χ4n) is 2.32. The highest BCUT2D eigenvalue weighted by Gasteiger charge is 2.13. The van der Waals surface area contributed by atoms with Crippen molar-refractivity contribution in [3.05, 3.63) is 80.2 Å². The lowest BCUT2D eigenvalue weighted by Crippen LogP contribution is -2.23. The fraction of sp³-hybridized carbons (Fsp3) is 0.0526. The minimum atomic E-state index is -0.501. The number of hydrogen-bond acceptors (Lipinski definition) is 6. The molecular weight excluding hydrogens is 366 g/mol. The molecule has 0 unspecified atom stereocenters. The third-order valence-electron chi connectivity index (χ3n) is 3.62. The van der Waals surface area contributed by atoms with Gasteiger partial charge in [-0.25, -0.2) is 0 Å². The van der Waals surface area contributed by atoms with E-state index in [9.17, 15) is 20.2 Å². The molecule has 0 spiro atoms. The second-order valence-electron chi connectivity index (χ2n) is 5.44. The van der Waals surface area contributed by atoms with Gasteiger partial charge in [-0.05, 0) is 23.6 Å². The Morgan fingerprint density at radius 3 is 2.85 bits per heavy atom. The van der Waals surface area contributed by atoms with Gasteiger partial charge in [0.05, 0.1) is 11.5 Å². The van der Waals surface area contributed by atoms with Crippen LogP contribution in [0.3, 0.4) is 0 Å². The van der Waals surface area contributed by atoms with Crippen LogP contribution in [0.2, 0.25) is 0 Å². The van der Waals surface area contributed by atoms with Gasteiger partial charge < -0.3 is 9.73 Å². The summed E-state index contributed by atoms with van der Waals surface area (Å²) in [5, 5.41) is 24.7. The Labute approximate surface area is 158 Å². The van der Waals surface area contributed by atoms with Crippen molar-refractivity contribution in [2.45, 2.75) is 6.54 Å². The van der Waals surface area contributed by atoms with Crippen molar-refractivity contribution >= 4 is 29.0 Å². The molecule has 0 bridgehead atoms. The van der Waals surface area contributed by atoms with Gasteiger partial charge in [-0.3, -0.25) is 14.9 Å². The molecule has 0 aliphatic carbocycles. The van der Waals surface area contributed by atoms with Crippen LogP contribution in [-0.4, -0.2) is 10.8 Å². The number of nitrogens with zero attached hydrogens (tertiary/aromatic N) is 2. The number of nitro groups is 1. The molecule has 0 radical (unpaired) electrons. The Bertz CT molecular complexity index is 1050. The Hall–Kier alpha value is -3.70. The molecule has 0 saturated heterocycles. The standard InChI is InChI=1S/C19H13N3O4S/c20-11-14(19(23)21-12-17-5-2-8-27-17)10-16-6-7-18(26-16)13-3-1-4-15(9-13)22(24)25/h1-10H,12H2,(H,21,23)/b14-10+. The molecule has 0 fully saturated rings. The minimum absolute atomic E-state index is 0.0494. The van der Waals surface area contributed by atoms with Gasteiger partial charge in [0.1, 0.15) is 23.2 Å². The molecule has 2 heterocycles. The number of furan rings is 1. The lowest BCUT2D eigenvalue weighted by atomic mass is 10.1. The number of nitrogens with one attached hydrogen (secondary N) is 1. The van der Waals surface area contributed by atoms with E-state index in [2.05, 4.69) is 5.32 Å². The number of nitro benzene ring substituents is 1. The number of non-ortho nitro benzene ring substituents is 1. The molecule has 1 aromatic carbocycles. The highest BCUT2D eigenvalue weighted by molar-refractivity contribution is 7.09. The van der Waals surface area contributed by atoms with E-state index >= 15 is 0 Å². The maximum atomic E-state index is 12.2. The van der Waals surface area contributed by atoms with E-state index in [-0.39, 0.29) is 11.3 Å². The van der Waals surface area contributed by atoms with Crippen LogP contribution in [0.5, 0.6) is 0 Å². The lowest BCUT2D eigenvalue weighted by Gasteiger charge is -2.01. The molecule has 7 nitrogen and oxygen atoms in total. The van der Waals surface area contributed by atoms with Crippen LogP contribution in [0.1, 0.15) is 10.6 Å². The zero-order chi connectivity index (χ0) is 19.2. The first-order chi connectivity index (χ1) is 13.1. The zero-order valence-corrected chi connectivity index (χ0v) is 14.7. The highest BCUT2D eigenvalue weighted by atomic mass is 32.1. The molecule has 134 valence electrons. The molecule has 0 aliphatic rings. The van der Waals surface area contributed by atoms with E-state index in [0.717, 1.165) is 4.88 Å². The average molecular weight is 379 g/mol. The Morgan fingerprint density at radius 1 is 1.30 bits per heavy atom. The average Bonchev–Trinajstić information content (AvgIpc) is 3.36. The smallest absolute Gasteiger partial charge is 0.270 e. The van der Waals surface area contributed by atoms with E-state index in [4.69, 9.17) is 4.42 Å². The number of rotatable bonds is 6. The monoisotopic (exact) mass is 379 g/mol. The first-order valence-corrected chi connectivity index (χ1v) is 8.72. The third kappa shape index (κ3) is 4.48. The summed E-state index contributed by atoms with van der Waals surface area (Å²) in [7, 11) is 0. The molecule has 1 amide bonds. The van der Waals surface area contributed by atoms with Crippen LogP contribution < -0.4 is 5.32 Å². The Morgan fingerprint density at radius 2 is 2.15 bits per heavy atom. The molecule has 0 aliphatic heterocycles. The molecule has 8 heteroatoms. The van der Waals surface area contributed by atoms with Crippen LogP contribution in [-0.2, 0) is 11.3 Å². The molecule has 0 saturated carbocycles. The number of hydrogen-bond donors (Lipinski definition) is 1. The summed E-state index contributed by atoms with van der Waals surface area (Å²) in [5.74, 6) is 0.208. The summed E-state index contributed by atoms with van der Waals surface area (Å²) in [6.45, 7) is 0.340. The van der Waals surface area contributed by atoms with Gasteiger partial charge in [-0.2, -0.15) is 5.26 Å². The summed E-state index contributed by atoms with van der Waals surface area (Å²) in [4.78, 5) is 23.5. The summed E-state index contributed by atoms with van der Waals surface area (Å²) >= 11 is 1.51. The van der Waals surface area contributed by atoms with Crippen LogP contribution in [0.4, 0.5) is 5.69 Å². The van der Waals surface area contributed by atoms with E-state index in [0.29, 0.717) is 23.6 Å². The maximum Gasteiger partial charge on any atom is 0.270 e. The van der Waals surface area contributed by atoms with Gasteiger partial charge in [-0.1, -0.05) is 18.2 Å². The summed E-state index contributed by atoms with van der Waals surface area (Å²) < 4.78 is 5.61. The second kappa shape index (κ2) is 8.12. The van der Waals surface area contributed by atoms with Gasteiger partial charge in [0.2, 0.25) is 0 Å². The van der Waals surface area contributed by atoms with E-state index in [1.807, 2.05) is 23.6 Å². The topological polar surface area (TPSA) is 109 Å². The van der Waals surface area contributed by atoms with Crippen molar-refractivity contribution in [1.29, 1.82) is 5.26 Å². The quantitative estimate of drug-likeness (QED) is 0.300. The van der Waals surface area contributed by atoms with Gasteiger partial charge in [0, 0.05) is 28.6 Å². The van der Waals surface area contributed by atoms with Crippen LogP contribution >= 0.6 is 11.3 Å². The third-order valence-corrected chi connectivity index (χ3v) is 4.50. The van der Waals surface area contributed by atoms with E-state index in [1.165, 1.54) is 29.5 Å². The number of nitriles is 1. The van der Waals surface area contributed by atoms with Crippen LogP contribution in [0.25, 0.3) is 17.4 Å². The van der Waals surface area contributed by atoms with Gasteiger partial charge in [0.25, 0.3) is 11.6 Å². The maximum absolute atomic E-state index is 12.2. The zero-order valence-electron chi connectivity index (χ0n) is 13.9. The van der Waals surface area contributed by atoms with Crippen molar-refractivity contribution in [2.75, 3.05) is 0 Å². The lowest BCUT2D eigenvalue weighted by molar-refractivity contribution is -0.384. The second-order valence-corrected chi connectivity index (χ2v) is 6.47. The van der Waals surface area contributed by atoms with Gasteiger partial charge >= 0.3 is 0 Å². The van der Waals surface area contributed by atoms with Crippen molar-refractivity contribution in [3.8, 4) is 17.4 Å². The normalized spacial score (nSPS) is 11.0. The number of carbonyl (C=O) groups excluding carboxylic acids is 1. The van der Waals surface area contributed by atoms with Crippen molar-refractivity contribution < 1.29 is 14.1 Å². The molecule has 27 heavy (non-hydrogen) atoms. The first kappa shape index (κ1) is 18.1. The number of thiophene rings is 1. The molecule has 3 rings (SSSR count). The number of benzene rings is 1. The molecular formula is C19H13N3O4S. The number of carbonyl (C=O) groups is 1. The van der Waals surface area contributed by atoms with Crippen molar-refractivity contribution in [2.24, 2.45) is 0 Å². The number of amides is 1. The summed E-state index contributed by atoms with van der Waals surface area (Å²) in [6, 6.07) is 14.9. The minimum Gasteiger partial charge on any atom is -0.457 e. The Balaban J connectivity index is 1.76. The van der Waals surface area contributed by atoms with Crippen LogP contribution in [0.15, 0.2) is 63.9 Å². The Kier molecular flexibility index (Phi) is 5.44. The van der Waals surface area contributed by atoms with E-state index < -0.39 is 10.8 Å². The van der Waals surface area contributed by atoms with Gasteiger partial charge in [0.15, 0.2) is 0 Å². The molecule has 3 aromatic rings. The van der Waals surface area contributed by atoms with Crippen molar-refractivity contribution in [1.82, 2.24) is 5.32 Å². The molecule has 0 atom stereocenters. The van der Waals surface area contributed by atoms with Crippen molar-refractivity contribution in [3.63, 3.8) is 0 Å². The van der Waals surface area contributed by atoms with Crippen LogP contribution in [0, 0.1) is 21.4 Å². The fourth-order valence-corrected chi connectivity index (χ4v) is 2.97. The van der Waals surface area contributed by atoms with Gasteiger partial charge in [-0.15, -0.1) is 11.3 Å². The molecule has 1 N–H and O–H groups in total. The SMILES string of the molecule is N#C/C(=C\c1ccc(-c2cccc([N+](=O)[O-])c2)o1)C(=O)NCc1cccs1. The summed E-state index contributed by atoms with van der Waals surface area (Å²) in [5.41, 5.74) is 0.391. The van der Waals surface area contributed by atoms with E-state index in [1.54, 1.807) is 24.3 Å². The summed E-state index contributed by atoms with van der Waals surface area (Å²) in [6.07, 6.45) is 1.34. The predicted molar refractivity (Wildman–Crippen MR) is 101 cm³/mol.